The van der Waals surface area contributed by atoms with Crippen LogP contribution in [0.15, 0.2) is 73.2 Å². The summed E-state index contributed by atoms with van der Waals surface area (Å²) in [6.07, 6.45) is 6.56. The zero-order chi connectivity index (χ0) is 38.9. The second-order valence-electron chi connectivity index (χ2n) is 13.9. The highest BCUT2D eigenvalue weighted by Crippen LogP contribution is 2.31. The maximum atomic E-state index is 15.6. The van der Waals surface area contributed by atoms with Gasteiger partial charge in [0.25, 0.3) is 0 Å². The number of nitrogens with zero attached hydrogens (tertiary/aromatic N) is 6. The van der Waals surface area contributed by atoms with Gasteiger partial charge in [-0.1, -0.05) is 19.1 Å². The van der Waals surface area contributed by atoms with Gasteiger partial charge in [0.1, 0.15) is 23.0 Å². The number of anilines is 2. The lowest BCUT2D eigenvalue weighted by atomic mass is 9.89. The Bertz CT molecular complexity index is 2310. The molecule has 2 aliphatic heterocycles. The van der Waals surface area contributed by atoms with Crippen molar-refractivity contribution in [1.29, 1.82) is 0 Å². The standard InChI is InChI=1S/C39H42F2N8O5S/c1-3-46(2)55(53,54)45-33-10-9-32(40)36(37(33)41)38(52)31-23-44-39-30(31)20-28(22-43-39)27-6-11-34(42-21-27)48-16-18-49(19-17-48)35(51)24-47-14-12-26(13-15-47)25-4-7-29(50)8-5-25/h4-11,20-23,26,45,50H,3,12-19,24H2,1-2H3,(H,43,44). The first-order valence-electron chi connectivity index (χ1n) is 18.2. The largest absolute Gasteiger partial charge is 0.508 e. The van der Waals surface area contributed by atoms with Crippen LogP contribution in [0.4, 0.5) is 20.3 Å². The number of aromatic hydroxyl groups is 1. The van der Waals surface area contributed by atoms with Gasteiger partial charge >= 0.3 is 10.2 Å². The van der Waals surface area contributed by atoms with Crippen LogP contribution < -0.4 is 9.62 Å². The maximum absolute atomic E-state index is 15.6. The predicted molar refractivity (Wildman–Crippen MR) is 205 cm³/mol. The molecule has 16 heteroatoms. The van der Waals surface area contributed by atoms with Crippen molar-refractivity contribution in [2.75, 3.05) is 69.0 Å². The third-order valence-corrected chi connectivity index (χ3v) is 12.1. The number of fused-ring (bicyclic) bond motifs is 1. The van der Waals surface area contributed by atoms with E-state index >= 15 is 4.39 Å². The second-order valence-corrected chi connectivity index (χ2v) is 15.6. The van der Waals surface area contributed by atoms with E-state index in [1.165, 1.54) is 18.8 Å². The van der Waals surface area contributed by atoms with Gasteiger partial charge in [-0.15, -0.1) is 0 Å². The zero-order valence-electron chi connectivity index (χ0n) is 30.5. The molecule has 55 heavy (non-hydrogen) atoms. The van der Waals surface area contributed by atoms with Gasteiger partial charge in [0.05, 0.1) is 17.8 Å². The van der Waals surface area contributed by atoms with Crippen LogP contribution in [0.1, 0.15) is 47.2 Å². The van der Waals surface area contributed by atoms with E-state index in [2.05, 4.69) is 29.5 Å². The van der Waals surface area contributed by atoms with Crippen LogP contribution in [0, 0.1) is 11.6 Å². The number of halogens is 2. The number of nitrogens with one attached hydrogen (secondary N) is 2. The molecule has 0 bridgehead atoms. The lowest BCUT2D eigenvalue weighted by Crippen LogP contribution is -2.52. The zero-order valence-corrected chi connectivity index (χ0v) is 31.3. The summed E-state index contributed by atoms with van der Waals surface area (Å²) in [6, 6.07) is 14.6. The number of phenolic OH excluding ortho intramolecular Hbond substituents is 1. The van der Waals surface area contributed by atoms with Crippen molar-refractivity contribution < 1.29 is 31.9 Å². The van der Waals surface area contributed by atoms with Gasteiger partial charge in [0.15, 0.2) is 5.82 Å². The highest BCUT2D eigenvalue weighted by molar-refractivity contribution is 7.90. The van der Waals surface area contributed by atoms with Crippen molar-refractivity contribution in [2.45, 2.75) is 25.7 Å². The fourth-order valence-corrected chi connectivity index (χ4v) is 8.03. The minimum absolute atomic E-state index is 0.0385. The number of aromatic amines is 1. The number of rotatable bonds is 11. The minimum Gasteiger partial charge on any atom is -0.508 e. The Morgan fingerprint density at radius 2 is 1.65 bits per heavy atom. The Hall–Kier alpha value is -5.45. The normalized spacial score (nSPS) is 15.9. The first kappa shape index (κ1) is 37.8. The number of benzene rings is 2. The summed E-state index contributed by atoms with van der Waals surface area (Å²) < 4.78 is 58.6. The van der Waals surface area contributed by atoms with Crippen molar-refractivity contribution >= 4 is 44.4 Å². The van der Waals surface area contributed by atoms with Crippen LogP contribution >= 0.6 is 0 Å². The molecule has 2 aliphatic rings. The fourth-order valence-electron chi connectivity index (χ4n) is 7.10. The van der Waals surface area contributed by atoms with E-state index in [4.69, 9.17) is 0 Å². The summed E-state index contributed by atoms with van der Waals surface area (Å²) in [5.74, 6) is -1.87. The molecular weight excluding hydrogens is 731 g/mol. The van der Waals surface area contributed by atoms with Gasteiger partial charge in [-0.3, -0.25) is 19.2 Å². The average molecular weight is 773 g/mol. The van der Waals surface area contributed by atoms with Crippen molar-refractivity contribution in [1.82, 2.24) is 29.1 Å². The van der Waals surface area contributed by atoms with Crippen molar-refractivity contribution in [3.05, 3.63) is 102 Å². The van der Waals surface area contributed by atoms with Gasteiger partial charge in [-0.05, 0) is 79.9 Å². The predicted octanol–water partition coefficient (Wildman–Crippen LogP) is 4.98. The van der Waals surface area contributed by atoms with E-state index in [1.807, 2.05) is 29.2 Å². The number of hydrogen-bond donors (Lipinski definition) is 3. The molecule has 0 radical (unpaired) electrons. The number of carbonyl (C=O) groups is 2. The molecule has 1 amide bonds. The monoisotopic (exact) mass is 772 g/mol. The Morgan fingerprint density at radius 3 is 2.33 bits per heavy atom. The van der Waals surface area contributed by atoms with E-state index in [0.29, 0.717) is 60.8 Å². The van der Waals surface area contributed by atoms with E-state index < -0.39 is 38.9 Å². The number of phenols is 1. The number of aromatic nitrogens is 3. The van der Waals surface area contributed by atoms with E-state index in [-0.39, 0.29) is 23.8 Å². The van der Waals surface area contributed by atoms with E-state index in [9.17, 15) is 27.5 Å². The number of ketones is 1. The second kappa shape index (κ2) is 15.7. The van der Waals surface area contributed by atoms with Crippen LogP contribution in [-0.4, -0.2) is 114 Å². The highest BCUT2D eigenvalue weighted by atomic mass is 32.2. The molecule has 7 rings (SSSR count). The molecule has 0 unspecified atom stereocenters. The quantitative estimate of drug-likeness (QED) is 0.158. The first-order chi connectivity index (χ1) is 26.4. The molecule has 3 aromatic heterocycles. The summed E-state index contributed by atoms with van der Waals surface area (Å²) in [5.41, 5.74) is 1.38. The Balaban J connectivity index is 0.976. The molecule has 288 valence electrons. The van der Waals surface area contributed by atoms with Gasteiger partial charge in [0.2, 0.25) is 11.7 Å². The molecule has 13 nitrogen and oxygen atoms in total. The Kier molecular flexibility index (Phi) is 10.8. The molecule has 0 spiro atoms. The first-order valence-corrected chi connectivity index (χ1v) is 19.6. The molecule has 5 aromatic rings. The van der Waals surface area contributed by atoms with E-state index in [0.717, 1.165) is 48.2 Å². The summed E-state index contributed by atoms with van der Waals surface area (Å²) in [7, 11) is -2.83. The van der Waals surface area contributed by atoms with Gasteiger partial charge in [0, 0.05) is 80.4 Å². The highest BCUT2D eigenvalue weighted by Gasteiger charge is 2.29. The molecule has 2 saturated heterocycles. The van der Waals surface area contributed by atoms with Crippen molar-refractivity contribution in [3.63, 3.8) is 0 Å². The molecule has 2 fully saturated rings. The SMILES string of the molecule is CCN(C)S(=O)(=O)Nc1ccc(F)c(C(=O)c2c[nH]c3ncc(-c4ccc(N5CCN(C(=O)CN6CCC(c7ccc(O)cc7)CC6)CC5)nc4)cc23)c1F. The third-order valence-electron chi connectivity index (χ3n) is 10.5. The molecule has 3 N–H and O–H groups in total. The third kappa shape index (κ3) is 8.02. The van der Waals surface area contributed by atoms with Crippen LogP contribution in [0.3, 0.4) is 0 Å². The lowest BCUT2D eigenvalue weighted by molar-refractivity contribution is -0.133. The number of hydrogen-bond acceptors (Lipinski definition) is 9. The van der Waals surface area contributed by atoms with Gasteiger partial charge < -0.3 is 19.9 Å². The molecule has 0 aliphatic carbocycles. The van der Waals surface area contributed by atoms with Crippen LogP contribution in [0.25, 0.3) is 22.2 Å². The number of H-pyrrole nitrogens is 1. The maximum Gasteiger partial charge on any atom is 0.301 e. The number of piperidine rings is 1. The summed E-state index contributed by atoms with van der Waals surface area (Å²) >= 11 is 0. The molecular formula is C39H42F2N8O5S. The number of carbonyl (C=O) groups excluding carboxylic acids is 2. The lowest BCUT2D eigenvalue weighted by Gasteiger charge is -2.37. The number of likely N-dealkylation sites (tertiary alicyclic amines) is 1. The molecule has 2 aromatic carbocycles. The van der Waals surface area contributed by atoms with Crippen molar-refractivity contribution in [2.24, 2.45) is 0 Å². The van der Waals surface area contributed by atoms with Gasteiger partial charge in [-0.2, -0.15) is 12.7 Å². The van der Waals surface area contributed by atoms with Crippen LogP contribution in [0.5, 0.6) is 5.75 Å². The summed E-state index contributed by atoms with van der Waals surface area (Å²) in [6.45, 7) is 6.25. The van der Waals surface area contributed by atoms with Crippen molar-refractivity contribution in [3.8, 4) is 16.9 Å². The topological polar surface area (TPSA) is 155 Å². The molecule has 0 atom stereocenters. The van der Waals surface area contributed by atoms with Crippen LogP contribution in [0.2, 0.25) is 0 Å². The minimum atomic E-state index is -4.13. The fraction of sp³-hybridized carbons (Fsp3) is 0.333. The Morgan fingerprint density at radius 1 is 0.945 bits per heavy atom. The molecule has 5 heterocycles. The summed E-state index contributed by atoms with van der Waals surface area (Å²) in [4.78, 5) is 45.0. The smallest absolute Gasteiger partial charge is 0.301 e. The molecule has 0 saturated carbocycles. The van der Waals surface area contributed by atoms with Gasteiger partial charge in [-0.25, -0.2) is 18.7 Å². The Labute approximate surface area is 317 Å². The number of pyridine rings is 2. The van der Waals surface area contributed by atoms with E-state index in [1.54, 1.807) is 37.5 Å². The number of piperazine rings is 1. The number of amides is 1. The van der Waals surface area contributed by atoms with Crippen LogP contribution in [-0.2, 0) is 15.0 Å². The average Bonchev–Trinajstić information content (AvgIpc) is 3.63. The summed E-state index contributed by atoms with van der Waals surface area (Å²) in [5, 5.41) is 9.90.